The summed E-state index contributed by atoms with van der Waals surface area (Å²) in [4.78, 5) is 12.3. The summed E-state index contributed by atoms with van der Waals surface area (Å²) in [6.45, 7) is 2.78. The molecule has 1 N–H and O–H groups in total. The summed E-state index contributed by atoms with van der Waals surface area (Å²) < 4.78 is 12.6. The molecule has 3 aromatic rings. The standard InChI is InChI=1S/C25H22BrN3O3/c1-2-31-24-14-19(10-13-23(24)32-17-18-8-11-21(26)12-9-18)16-28-29-25(30)22(15-27)20-6-4-3-5-7-20/h3-14,16,22H,2,17H2,1H3,(H,29,30)/b28-16-/t22-/m0/s1. The van der Waals surface area contributed by atoms with Gasteiger partial charge in [-0.2, -0.15) is 10.4 Å². The molecule has 3 aromatic carbocycles. The number of ether oxygens (including phenoxy) is 2. The number of benzene rings is 3. The Hall–Kier alpha value is -3.63. The van der Waals surface area contributed by atoms with Crippen molar-refractivity contribution in [3.8, 4) is 17.6 Å². The maximum atomic E-state index is 12.3. The van der Waals surface area contributed by atoms with Crippen molar-refractivity contribution in [1.82, 2.24) is 5.43 Å². The Morgan fingerprint density at radius 2 is 1.84 bits per heavy atom. The van der Waals surface area contributed by atoms with E-state index in [9.17, 15) is 10.1 Å². The molecule has 1 atom stereocenters. The van der Waals surface area contributed by atoms with Gasteiger partial charge in [-0.1, -0.05) is 58.4 Å². The van der Waals surface area contributed by atoms with Crippen LogP contribution in [-0.2, 0) is 11.4 Å². The Kier molecular flexibility index (Phi) is 8.41. The highest BCUT2D eigenvalue weighted by atomic mass is 79.9. The fraction of sp³-hybridized carbons (Fsp3) is 0.160. The second kappa shape index (κ2) is 11.7. The SMILES string of the molecule is CCOc1cc(/C=N\NC(=O)[C@@H](C#N)c2ccccc2)ccc1OCc1ccc(Br)cc1. The third-order valence-electron chi connectivity index (χ3n) is 4.49. The molecule has 0 saturated heterocycles. The van der Waals surface area contributed by atoms with Crippen molar-refractivity contribution < 1.29 is 14.3 Å². The first kappa shape index (κ1) is 23.0. The predicted octanol–water partition coefficient (Wildman–Crippen LogP) is 5.18. The smallest absolute Gasteiger partial charge is 0.261 e. The number of hydrazone groups is 1. The van der Waals surface area contributed by atoms with Crippen LogP contribution in [0.5, 0.6) is 11.5 Å². The highest BCUT2D eigenvalue weighted by Crippen LogP contribution is 2.29. The monoisotopic (exact) mass is 491 g/mol. The molecule has 6 nitrogen and oxygen atoms in total. The van der Waals surface area contributed by atoms with E-state index in [4.69, 9.17) is 9.47 Å². The summed E-state index contributed by atoms with van der Waals surface area (Å²) in [6.07, 6.45) is 1.50. The number of nitrogens with one attached hydrogen (secondary N) is 1. The van der Waals surface area contributed by atoms with Crippen LogP contribution in [0.15, 0.2) is 82.4 Å². The third-order valence-corrected chi connectivity index (χ3v) is 5.02. The minimum atomic E-state index is -0.929. The third kappa shape index (κ3) is 6.43. The Balaban J connectivity index is 1.65. The van der Waals surface area contributed by atoms with E-state index < -0.39 is 11.8 Å². The molecule has 7 heteroatoms. The number of carbonyl (C=O) groups excluding carboxylic acids is 1. The van der Waals surface area contributed by atoms with Gasteiger partial charge in [-0.05, 0) is 53.9 Å². The van der Waals surface area contributed by atoms with E-state index in [-0.39, 0.29) is 0 Å². The summed E-state index contributed by atoms with van der Waals surface area (Å²) in [7, 11) is 0. The van der Waals surface area contributed by atoms with Crippen molar-refractivity contribution >= 4 is 28.1 Å². The second-order valence-corrected chi connectivity index (χ2v) is 7.68. The molecule has 0 bridgehead atoms. The van der Waals surface area contributed by atoms with Gasteiger partial charge in [0.15, 0.2) is 17.4 Å². The molecule has 0 fully saturated rings. The van der Waals surface area contributed by atoms with E-state index >= 15 is 0 Å². The zero-order chi connectivity index (χ0) is 22.8. The zero-order valence-electron chi connectivity index (χ0n) is 17.5. The quantitative estimate of drug-likeness (QED) is 0.330. The average Bonchev–Trinajstić information content (AvgIpc) is 2.81. The van der Waals surface area contributed by atoms with Crippen LogP contribution in [0, 0.1) is 11.3 Å². The summed E-state index contributed by atoms with van der Waals surface area (Å²) >= 11 is 3.42. The zero-order valence-corrected chi connectivity index (χ0v) is 19.1. The first-order valence-electron chi connectivity index (χ1n) is 10.0. The van der Waals surface area contributed by atoms with Crippen molar-refractivity contribution in [2.75, 3.05) is 6.61 Å². The molecule has 0 unspecified atom stereocenters. The molecule has 3 rings (SSSR count). The Morgan fingerprint density at radius 1 is 1.09 bits per heavy atom. The van der Waals surface area contributed by atoms with Gasteiger partial charge in [0.05, 0.1) is 18.9 Å². The molecule has 0 radical (unpaired) electrons. The Labute approximate surface area is 195 Å². The lowest BCUT2D eigenvalue weighted by Gasteiger charge is -2.13. The van der Waals surface area contributed by atoms with E-state index in [1.807, 2.05) is 49.4 Å². The first-order chi connectivity index (χ1) is 15.6. The Morgan fingerprint density at radius 3 is 2.53 bits per heavy atom. The van der Waals surface area contributed by atoms with Gasteiger partial charge in [-0.25, -0.2) is 5.43 Å². The van der Waals surface area contributed by atoms with Crippen LogP contribution in [0.3, 0.4) is 0 Å². The summed E-state index contributed by atoms with van der Waals surface area (Å²) in [5.41, 5.74) is 4.81. The van der Waals surface area contributed by atoms with Crippen LogP contribution in [0.1, 0.15) is 29.5 Å². The topological polar surface area (TPSA) is 83.7 Å². The fourth-order valence-corrected chi connectivity index (χ4v) is 3.16. The lowest BCUT2D eigenvalue weighted by atomic mass is 10.0. The number of rotatable bonds is 9. The molecule has 1 amide bonds. The molecule has 0 spiro atoms. The van der Waals surface area contributed by atoms with E-state index in [1.54, 1.807) is 36.4 Å². The van der Waals surface area contributed by atoms with Gasteiger partial charge in [-0.3, -0.25) is 4.79 Å². The number of carbonyl (C=O) groups is 1. The van der Waals surface area contributed by atoms with Crippen molar-refractivity contribution in [3.63, 3.8) is 0 Å². The van der Waals surface area contributed by atoms with Gasteiger partial charge in [0, 0.05) is 4.47 Å². The number of halogens is 1. The van der Waals surface area contributed by atoms with Crippen molar-refractivity contribution in [1.29, 1.82) is 5.26 Å². The molecule has 0 aliphatic carbocycles. The highest BCUT2D eigenvalue weighted by molar-refractivity contribution is 9.10. The number of nitrogens with zero attached hydrogens (tertiary/aromatic N) is 2. The van der Waals surface area contributed by atoms with Crippen molar-refractivity contribution in [2.45, 2.75) is 19.4 Å². The van der Waals surface area contributed by atoms with Crippen molar-refractivity contribution in [3.05, 3.63) is 94.0 Å². The first-order valence-corrected chi connectivity index (χ1v) is 10.8. The largest absolute Gasteiger partial charge is 0.490 e. The lowest BCUT2D eigenvalue weighted by molar-refractivity contribution is -0.121. The molecular weight excluding hydrogens is 470 g/mol. The number of amides is 1. The molecule has 0 saturated carbocycles. The lowest BCUT2D eigenvalue weighted by Crippen LogP contribution is -2.24. The second-order valence-electron chi connectivity index (χ2n) is 6.76. The van der Waals surface area contributed by atoms with Crippen LogP contribution in [0.4, 0.5) is 0 Å². The molecule has 32 heavy (non-hydrogen) atoms. The van der Waals surface area contributed by atoms with Crippen LogP contribution < -0.4 is 14.9 Å². The van der Waals surface area contributed by atoms with Crippen LogP contribution >= 0.6 is 15.9 Å². The Bertz CT molecular complexity index is 1110. The maximum Gasteiger partial charge on any atom is 0.261 e. The van der Waals surface area contributed by atoms with Gasteiger partial charge in [-0.15, -0.1) is 0 Å². The molecule has 0 aromatic heterocycles. The number of nitriles is 1. The van der Waals surface area contributed by atoms with Gasteiger partial charge < -0.3 is 9.47 Å². The molecular formula is C25H22BrN3O3. The van der Waals surface area contributed by atoms with Crippen LogP contribution in [-0.4, -0.2) is 18.7 Å². The normalized spacial score (nSPS) is 11.5. The van der Waals surface area contributed by atoms with Crippen LogP contribution in [0.25, 0.3) is 0 Å². The molecule has 0 aliphatic heterocycles. The molecule has 0 aliphatic rings. The fourth-order valence-electron chi connectivity index (χ4n) is 2.90. The minimum Gasteiger partial charge on any atom is -0.490 e. The van der Waals surface area contributed by atoms with Gasteiger partial charge in [0.1, 0.15) is 6.61 Å². The summed E-state index contributed by atoms with van der Waals surface area (Å²) in [6, 6.07) is 24.2. The maximum absolute atomic E-state index is 12.3. The van der Waals surface area contributed by atoms with E-state index in [1.165, 1.54) is 6.21 Å². The van der Waals surface area contributed by atoms with Gasteiger partial charge >= 0.3 is 0 Å². The average molecular weight is 492 g/mol. The van der Waals surface area contributed by atoms with E-state index in [0.29, 0.717) is 30.3 Å². The van der Waals surface area contributed by atoms with Crippen molar-refractivity contribution in [2.24, 2.45) is 5.10 Å². The highest BCUT2D eigenvalue weighted by Gasteiger charge is 2.19. The molecule has 162 valence electrons. The van der Waals surface area contributed by atoms with Gasteiger partial charge in [0.25, 0.3) is 5.91 Å². The van der Waals surface area contributed by atoms with Crippen LogP contribution in [0.2, 0.25) is 0 Å². The minimum absolute atomic E-state index is 0.409. The summed E-state index contributed by atoms with van der Waals surface area (Å²) in [5.74, 6) is -0.222. The predicted molar refractivity (Wildman–Crippen MR) is 127 cm³/mol. The summed E-state index contributed by atoms with van der Waals surface area (Å²) in [5, 5.41) is 13.3. The number of hydrogen-bond donors (Lipinski definition) is 1. The van der Waals surface area contributed by atoms with E-state index in [2.05, 4.69) is 26.5 Å². The van der Waals surface area contributed by atoms with Gasteiger partial charge in [0.2, 0.25) is 0 Å². The molecule has 0 heterocycles. The number of hydrogen-bond acceptors (Lipinski definition) is 5. The van der Waals surface area contributed by atoms with E-state index in [0.717, 1.165) is 15.6 Å².